The molecule has 144 valence electrons. The molecule has 0 spiro atoms. The maximum Gasteiger partial charge on any atom is 0.414 e. The summed E-state index contributed by atoms with van der Waals surface area (Å²) in [6.45, 7) is 2.52. The van der Waals surface area contributed by atoms with Crippen LogP contribution < -0.4 is 4.90 Å². The van der Waals surface area contributed by atoms with Crippen LogP contribution in [0.15, 0.2) is 59.1 Å². The molecule has 2 aromatic carbocycles. The fourth-order valence-electron chi connectivity index (χ4n) is 3.49. The van der Waals surface area contributed by atoms with Crippen LogP contribution in [0.5, 0.6) is 0 Å². The van der Waals surface area contributed by atoms with Gasteiger partial charge in [0.15, 0.2) is 0 Å². The quantitative estimate of drug-likeness (QED) is 0.323. The molecule has 2 atom stereocenters. The first kappa shape index (κ1) is 19.9. The Hall–Kier alpha value is -1.44. The van der Waals surface area contributed by atoms with E-state index < -0.39 is 4.32 Å². The third kappa shape index (κ3) is 3.37. The fraction of sp³-hybridized carbons (Fsp3) is 0.238. The summed E-state index contributed by atoms with van der Waals surface area (Å²) in [6, 6.07) is 18.0. The molecule has 1 aliphatic heterocycles. The van der Waals surface area contributed by atoms with E-state index in [-0.39, 0.29) is 10.9 Å². The molecule has 2 heterocycles. The van der Waals surface area contributed by atoms with Gasteiger partial charge < -0.3 is 4.74 Å². The van der Waals surface area contributed by atoms with Crippen LogP contribution in [0.25, 0.3) is 10.9 Å². The Kier molecular flexibility index (Phi) is 5.51. The summed E-state index contributed by atoms with van der Waals surface area (Å²) in [5.74, 6) is 0. The molecule has 7 heteroatoms. The van der Waals surface area contributed by atoms with Crippen LogP contribution in [-0.4, -0.2) is 24.2 Å². The van der Waals surface area contributed by atoms with Gasteiger partial charge in [0.25, 0.3) is 0 Å². The van der Waals surface area contributed by atoms with Crippen LogP contribution in [0.2, 0.25) is 0 Å². The molecule has 1 aliphatic rings. The van der Waals surface area contributed by atoms with Gasteiger partial charge in [0.05, 0.1) is 34.9 Å². The first-order valence-corrected chi connectivity index (χ1v) is 11.4. The van der Waals surface area contributed by atoms with E-state index in [0.717, 1.165) is 32.3 Å². The number of hydrogen-bond acceptors (Lipinski definition) is 3. The molecule has 28 heavy (non-hydrogen) atoms. The predicted octanol–water partition coefficient (Wildman–Crippen LogP) is 6.70. The number of para-hydroxylation sites is 1. The summed E-state index contributed by atoms with van der Waals surface area (Å²) in [5, 5.41) is 1.08. The van der Waals surface area contributed by atoms with Crippen molar-refractivity contribution < 1.29 is 9.53 Å². The number of hydrogen-bond donors (Lipinski definition) is 0. The average molecular weight is 569 g/mol. The normalized spacial score (nSPS) is 21.4. The second-order valence-corrected chi connectivity index (χ2v) is 9.85. The molecule has 0 aliphatic carbocycles. The standard InChI is InChI=1S/C21H17Br3N2O2/c1-2-28-20(27)26-12-21(24,19(23)15-11-14(22)8-9-17(15)26)18-10-7-13-5-3-4-6-16(13)25-18/h3-11,19H,2,12H2,1H3. The van der Waals surface area contributed by atoms with Crippen LogP contribution in [0.3, 0.4) is 0 Å². The Morgan fingerprint density at radius 1 is 1.25 bits per heavy atom. The Morgan fingerprint density at radius 2 is 2.04 bits per heavy atom. The van der Waals surface area contributed by atoms with E-state index in [2.05, 4.69) is 53.9 Å². The molecule has 1 aromatic heterocycles. The average Bonchev–Trinajstić information content (AvgIpc) is 2.70. The number of aromatic nitrogens is 1. The van der Waals surface area contributed by atoms with Gasteiger partial charge in [-0.1, -0.05) is 72.1 Å². The van der Waals surface area contributed by atoms with E-state index in [0.29, 0.717) is 13.2 Å². The van der Waals surface area contributed by atoms with Crippen LogP contribution in [0, 0.1) is 0 Å². The van der Waals surface area contributed by atoms with Gasteiger partial charge >= 0.3 is 6.09 Å². The first-order valence-electron chi connectivity index (χ1n) is 8.87. The Bertz CT molecular complexity index is 1060. The molecule has 1 amide bonds. The Morgan fingerprint density at radius 3 is 2.82 bits per heavy atom. The second-order valence-electron chi connectivity index (χ2n) is 6.60. The summed E-state index contributed by atoms with van der Waals surface area (Å²) in [5.41, 5.74) is 3.59. The van der Waals surface area contributed by atoms with Crippen LogP contribution in [0.4, 0.5) is 10.5 Å². The lowest BCUT2D eigenvalue weighted by atomic mass is 9.89. The summed E-state index contributed by atoms with van der Waals surface area (Å²) in [6.07, 6.45) is -0.366. The molecular formula is C21H17Br3N2O2. The van der Waals surface area contributed by atoms with Crippen molar-refractivity contribution in [3.05, 3.63) is 70.3 Å². The van der Waals surface area contributed by atoms with Crippen molar-refractivity contribution in [1.29, 1.82) is 0 Å². The number of carbonyl (C=O) groups excluding carboxylic acids is 1. The maximum absolute atomic E-state index is 12.7. The summed E-state index contributed by atoms with van der Waals surface area (Å²) >= 11 is 11.4. The number of halogens is 3. The van der Waals surface area contributed by atoms with E-state index in [1.54, 1.807) is 4.90 Å². The summed E-state index contributed by atoms with van der Waals surface area (Å²) in [7, 11) is 0. The molecule has 0 bridgehead atoms. The number of benzene rings is 2. The molecule has 4 nitrogen and oxygen atoms in total. The van der Waals surface area contributed by atoms with Gasteiger partial charge in [-0.25, -0.2) is 4.79 Å². The van der Waals surface area contributed by atoms with E-state index in [9.17, 15) is 4.79 Å². The summed E-state index contributed by atoms with van der Waals surface area (Å²) < 4.78 is 5.66. The smallest absolute Gasteiger partial charge is 0.414 e. The first-order chi connectivity index (χ1) is 13.4. The summed E-state index contributed by atoms with van der Waals surface area (Å²) in [4.78, 5) is 19.2. The zero-order valence-electron chi connectivity index (χ0n) is 15.0. The molecule has 0 radical (unpaired) electrons. The molecule has 0 saturated heterocycles. The van der Waals surface area contributed by atoms with Crippen LogP contribution in [0.1, 0.15) is 23.0 Å². The van der Waals surface area contributed by atoms with Crippen molar-refractivity contribution in [2.45, 2.75) is 16.1 Å². The number of ether oxygens (including phenoxy) is 1. The van der Waals surface area contributed by atoms with Gasteiger partial charge in [0.2, 0.25) is 0 Å². The van der Waals surface area contributed by atoms with Crippen molar-refractivity contribution >= 4 is 70.5 Å². The zero-order chi connectivity index (χ0) is 19.9. The molecule has 2 unspecified atom stereocenters. The van der Waals surface area contributed by atoms with Gasteiger partial charge in [-0.05, 0) is 42.8 Å². The number of amides is 1. The maximum atomic E-state index is 12.7. The number of alkyl halides is 2. The molecule has 0 saturated carbocycles. The number of nitrogens with zero attached hydrogens (tertiary/aromatic N) is 2. The number of anilines is 1. The van der Waals surface area contributed by atoms with E-state index in [1.165, 1.54) is 0 Å². The molecule has 0 N–H and O–H groups in total. The Balaban J connectivity index is 1.86. The van der Waals surface area contributed by atoms with Crippen LogP contribution >= 0.6 is 47.8 Å². The minimum atomic E-state index is -0.614. The molecule has 3 aromatic rings. The monoisotopic (exact) mass is 566 g/mol. The predicted molar refractivity (Wildman–Crippen MR) is 123 cm³/mol. The number of carbonyl (C=O) groups is 1. The highest BCUT2D eigenvalue weighted by atomic mass is 79.9. The minimum Gasteiger partial charge on any atom is -0.449 e. The third-order valence-electron chi connectivity index (χ3n) is 4.86. The van der Waals surface area contributed by atoms with Crippen molar-refractivity contribution in [2.24, 2.45) is 0 Å². The van der Waals surface area contributed by atoms with Crippen molar-refractivity contribution in [1.82, 2.24) is 4.98 Å². The number of pyridine rings is 1. The highest BCUT2D eigenvalue weighted by Crippen LogP contribution is 2.54. The molecule has 4 rings (SSSR count). The largest absolute Gasteiger partial charge is 0.449 e. The van der Waals surface area contributed by atoms with E-state index >= 15 is 0 Å². The Labute approximate surface area is 188 Å². The van der Waals surface area contributed by atoms with Gasteiger partial charge in [0, 0.05) is 9.86 Å². The van der Waals surface area contributed by atoms with Crippen LogP contribution in [-0.2, 0) is 9.06 Å². The highest BCUT2D eigenvalue weighted by Gasteiger charge is 2.47. The fourth-order valence-corrected chi connectivity index (χ4v) is 5.33. The third-order valence-corrected chi connectivity index (χ3v) is 8.35. The van der Waals surface area contributed by atoms with Gasteiger partial charge in [0.1, 0.15) is 4.32 Å². The van der Waals surface area contributed by atoms with Crippen molar-refractivity contribution in [3.8, 4) is 0 Å². The van der Waals surface area contributed by atoms with Gasteiger partial charge in [-0.15, -0.1) is 0 Å². The molecular weight excluding hydrogens is 552 g/mol. The van der Waals surface area contributed by atoms with Crippen molar-refractivity contribution in [2.75, 3.05) is 18.1 Å². The highest BCUT2D eigenvalue weighted by molar-refractivity contribution is 9.12. The lowest BCUT2D eigenvalue weighted by molar-refractivity contribution is 0.158. The minimum absolute atomic E-state index is 0.0909. The zero-order valence-corrected chi connectivity index (χ0v) is 19.8. The number of rotatable bonds is 2. The molecule has 0 fully saturated rings. The van der Waals surface area contributed by atoms with E-state index in [1.807, 2.05) is 55.5 Å². The lowest BCUT2D eigenvalue weighted by Gasteiger charge is -2.42. The van der Waals surface area contributed by atoms with Gasteiger partial charge in [-0.2, -0.15) is 0 Å². The van der Waals surface area contributed by atoms with E-state index in [4.69, 9.17) is 9.72 Å². The second kappa shape index (κ2) is 7.76. The van der Waals surface area contributed by atoms with Gasteiger partial charge in [-0.3, -0.25) is 9.88 Å². The number of fused-ring (bicyclic) bond motifs is 2. The lowest BCUT2D eigenvalue weighted by Crippen LogP contribution is -2.47. The van der Waals surface area contributed by atoms with Crippen molar-refractivity contribution in [3.63, 3.8) is 0 Å². The SMILES string of the molecule is CCOC(=O)N1CC(Br)(c2ccc3ccccc3n2)C(Br)c2cc(Br)ccc21. The topological polar surface area (TPSA) is 42.4 Å².